The summed E-state index contributed by atoms with van der Waals surface area (Å²) in [4.78, 5) is 0. The second kappa shape index (κ2) is 2.36. The predicted molar refractivity (Wildman–Crippen MR) is 39.8 cm³/mol. The summed E-state index contributed by atoms with van der Waals surface area (Å²) in [6, 6.07) is 0. The fourth-order valence-electron chi connectivity index (χ4n) is 1.07. The summed E-state index contributed by atoms with van der Waals surface area (Å²) in [5.74, 6) is 0. The lowest BCUT2D eigenvalue weighted by molar-refractivity contribution is 0.176. The van der Waals surface area contributed by atoms with E-state index in [1.807, 2.05) is 26.8 Å². The first kappa shape index (κ1) is 7.76. The van der Waals surface area contributed by atoms with Gasteiger partial charge in [-0.15, -0.1) is 0 Å². The van der Waals surface area contributed by atoms with Gasteiger partial charge in [-0.05, 0) is 20.8 Å². The van der Waals surface area contributed by atoms with Crippen LogP contribution in [0.15, 0.2) is 12.2 Å². The molecule has 0 aliphatic carbocycles. The van der Waals surface area contributed by atoms with Gasteiger partial charge in [-0.3, -0.25) is 0 Å². The lowest BCUT2D eigenvalue weighted by atomic mass is 10.1. The van der Waals surface area contributed by atoms with Crippen LogP contribution < -0.4 is 0 Å². The molecule has 0 aromatic carbocycles. The maximum absolute atomic E-state index is 9.31. The Morgan fingerprint density at radius 3 is 2.40 bits per heavy atom. The van der Waals surface area contributed by atoms with Gasteiger partial charge < -0.3 is 9.84 Å². The van der Waals surface area contributed by atoms with Gasteiger partial charge in [0.15, 0.2) is 0 Å². The Kier molecular flexibility index (Phi) is 1.84. The first-order chi connectivity index (χ1) is 4.58. The Morgan fingerprint density at radius 2 is 2.10 bits per heavy atom. The predicted octanol–water partition coefficient (Wildman–Crippen LogP) is 1.10. The molecule has 1 aliphatic heterocycles. The van der Waals surface area contributed by atoms with E-state index in [1.165, 1.54) is 0 Å². The molecule has 2 nitrogen and oxygen atoms in total. The molecule has 0 bridgehead atoms. The van der Waals surface area contributed by atoms with Crippen LogP contribution in [0.2, 0.25) is 0 Å². The van der Waals surface area contributed by atoms with Gasteiger partial charge in [0.05, 0.1) is 5.60 Å². The van der Waals surface area contributed by atoms with E-state index in [9.17, 15) is 5.11 Å². The van der Waals surface area contributed by atoms with Gasteiger partial charge in [0, 0.05) is 0 Å². The topological polar surface area (TPSA) is 32.8 Å². The van der Waals surface area contributed by atoms with Crippen molar-refractivity contribution in [2.24, 2.45) is 0 Å². The summed E-state index contributed by atoms with van der Waals surface area (Å²) in [6.07, 6.45) is 3.16. The number of hydrogen-bond donors (Lipinski definition) is 1. The molecule has 1 heterocycles. The van der Waals surface area contributed by atoms with Gasteiger partial charge in [-0.1, -0.05) is 12.2 Å². The average molecular weight is 142 g/mol. The molecule has 0 saturated carbocycles. The second-order valence-electron chi connectivity index (χ2n) is 3.16. The molecule has 2 heteroatoms. The molecule has 0 radical (unpaired) electrons. The molecule has 2 unspecified atom stereocenters. The number of hydrogen-bond acceptors (Lipinski definition) is 2. The van der Waals surface area contributed by atoms with Gasteiger partial charge in [0.1, 0.15) is 12.2 Å². The molecule has 2 atom stereocenters. The van der Waals surface area contributed by atoms with Gasteiger partial charge in [-0.2, -0.15) is 0 Å². The van der Waals surface area contributed by atoms with Crippen LogP contribution in [0.5, 0.6) is 0 Å². The second-order valence-corrected chi connectivity index (χ2v) is 3.16. The molecule has 1 aliphatic rings. The highest BCUT2D eigenvalue weighted by Gasteiger charge is 2.51. The van der Waals surface area contributed by atoms with Crippen molar-refractivity contribution in [3.63, 3.8) is 0 Å². The number of aliphatic hydroxyl groups is 1. The SMILES string of the molecule is C/C=C/C(O)C1OC1(C)C. The molecular weight excluding hydrogens is 128 g/mol. The summed E-state index contributed by atoms with van der Waals surface area (Å²) in [6.45, 7) is 5.84. The molecule has 10 heavy (non-hydrogen) atoms. The molecule has 0 spiro atoms. The monoisotopic (exact) mass is 142 g/mol. The Bertz CT molecular complexity index is 149. The Morgan fingerprint density at radius 1 is 1.60 bits per heavy atom. The van der Waals surface area contributed by atoms with Crippen LogP contribution in [0.4, 0.5) is 0 Å². The maximum atomic E-state index is 9.31. The lowest BCUT2D eigenvalue weighted by Crippen LogP contribution is -2.17. The minimum absolute atomic E-state index is 0.00343. The summed E-state index contributed by atoms with van der Waals surface area (Å²) >= 11 is 0. The van der Waals surface area contributed by atoms with Crippen molar-refractivity contribution in [2.45, 2.75) is 38.6 Å². The van der Waals surface area contributed by atoms with Crippen LogP contribution in [0.25, 0.3) is 0 Å². The molecule has 1 saturated heterocycles. The molecule has 0 aromatic heterocycles. The van der Waals surface area contributed by atoms with Crippen LogP contribution in [-0.4, -0.2) is 22.9 Å². The fraction of sp³-hybridized carbons (Fsp3) is 0.750. The van der Waals surface area contributed by atoms with E-state index in [2.05, 4.69) is 0 Å². The molecule has 1 N–H and O–H groups in total. The van der Waals surface area contributed by atoms with Crippen LogP contribution in [-0.2, 0) is 4.74 Å². The smallest absolute Gasteiger partial charge is 0.116 e. The summed E-state index contributed by atoms with van der Waals surface area (Å²) in [7, 11) is 0. The molecule has 1 fully saturated rings. The van der Waals surface area contributed by atoms with Crippen molar-refractivity contribution in [1.82, 2.24) is 0 Å². The average Bonchev–Trinajstić information content (AvgIpc) is 2.41. The number of ether oxygens (including phenoxy) is 1. The molecule has 1 rings (SSSR count). The van der Waals surface area contributed by atoms with Crippen molar-refractivity contribution in [3.05, 3.63) is 12.2 Å². The van der Waals surface area contributed by atoms with Crippen LogP contribution in [0.1, 0.15) is 20.8 Å². The Labute approximate surface area is 61.5 Å². The van der Waals surface area contributed by atoms with Crippen molar-refractivity contribution < 1.29 is 9.84 Å². The lowest BCUT2D eigenvalue weighted by Gasteiger charge is -2.00. The molecule has 0 amide bonds. The minimum atomic E-state index is -0.431. The van der Waals surface area contributed by atoms with Crippen molar-refractivity contribution >= 4 is 0 Å². The zero-order valence-electron chi connectivity index (χ0n) is 6.66. The summed E-state index contributed by atoms with van der Waals surface area (Å²) in [5, 5.41) is 9.31. The highest BCUT2D eigenvalue weighted by atomic mass is 16.6. The normalized spacial score (nSPS) is 32.6. The van der Waals surface area contributed by atoms with Crippen LogP contribution in [0, 0.1) is 0 Å². The third-order valence-corrected chi connectivity index (χ3v) is 1.76. The largest absolute Gasteiger partial charge is 0.386 e. The zero-order chi connectivity index (χ0) is 7.78. The quantitative estimate of drug-likeness (QED) is 0.462. The standard InChI is InChI=1S/C8H14O2/c1-4-5-6(9)7-8(2,3)10-7/h4-7,9H,1-3H3/b5-4+. The summed E-state index contributed by atoms with van der Waals surface area (Å²) in [5.41, 5.74) is -0.112. The first-order valence-electron chi connectivity index (χ1n) is 3.56. The highest BCUT2D eigenvalue weighted by molar-refractivity contribution is 5.06. The zero-order valence-corrected chi connectivity index (χ0v) is 6.66. The third kappa shape index (κ3) is 1.39. The first-order valence-corrected chi connectivity index (χ1v) is 3.56. The van der Waals surface area contributed by atoms with E-state index < -0.39 is 6.10 Å². The maximum Gasteiger partial charge on any atom is 0.116 e. The van der Waals surface area contributed by atoms with Gasteiger partial charge in [-0.25, -0.2) is 0 Å². The van der Waals surface area contributed by atoms with Crippen molar-refractivity contribution in [2.75, 3.05) is 0 Å². The van der Waals surface area contributed by atoms with E-state index in [1.54, 1.807) is 6.08 Å². The van der Waals surface area contributed by atoms with Crippen LogP contribution >= 0.6 is 0 Å². The molecule has 0 aromatic rings. The minimum Gasteiger partial charge on any atom is -0.386 e. The molecule has 58 valence electrons. The number of allylic oxidation sites excluding steroid dienone is 1. The Balaban J connectivity index is 2.40. The fourth-order valence-corrected chi connectivity index (χ4v) is 1.07. The highest BCUT2D eigenvalue weighted by Crippen LogP contribution is 2.37. The molecular formula is C8H14O2. The van der Waals surface area contributed by atoms with Gasteiger partial charge in [0.2, 0.25) is 0 Å². The number of epoxide rings is 1. The number of rotatable bonds is 2. The van der Waals surface area contributed by atoms with E-state index in [4.69, 9.17) is 4.74 Å². The third-order valence-electron chi connectivity index (χ3n) is 1.76. The van der Waals surface area contributed by atoms with Gasteiger partial charge in [0.25, 0.3) is 0 Å². The Hall–Kier alpha value is -0.340. The summed E-state index contributed by atoms with van der Waals surface area (Å²) < 4.78 is 5.22. The van der Waals surface area contributed by atoms with E-state index in [0.29, 0.717) is 0 Å². The number of aliphatic hydroxyl groups excluding tert-OH is 1. The van der Waals surface area contributed by atoms with Gasteiger partial charge >= 0.3 is 0 Å². The van der Waals surface area contributed by atoms with Crippen molar-refractivity contribution in [3.8, 4) is 0 Å². The van der Waals surface area contributed by atoms with E-state index in [0.717, 1.165) is 0 Å². The van der Waals surface area contributed by atoms with E-state index >= 15 is 0 Å². The van der Waals surface area contributed by atoms with E-state index in [-0.39, 0.29) is 11.7 Å². The van der Waals surface area contributed by atoms with Crippen LogP contribution in [0.3, 0.4) is 0 Å². The van der Waals surface area contributed by atoms with Crippen molar-refractivity contribution in [1.29, 1.82) is 0 Å².